The van der Waals surface area contributed by atoms with Crippen molar-refractivity contribution < 1.29 is 0 Å². The molecule has 6 heteroatoms. The van der Waals surface area contributed by atoms with Crippen LogP contribution in [0.25, 0.3) is 5.57 Å². The summed E-state index contributed by atoms with van der Waals surface area (Å²) in [4.78, 5) is 29.8. The first-order valence-electron chi connectivity index (χ1n) is 9.83. The zero-order valence-electron chi connectivity index (χ0n) is 16.2. The molecular formula is C24H20ClN3O2. The fourth-order valence-corrected chi connectivity index (χ4v) is 4.27. The summed E-state index contributed by atoms with van der Waals surface area (Å²) in [5, 5.41) is 9.79. The third-order valence-corrected chi connectivity index (χ3v) is 5.89. The molecule has 1 atom stereocenters. The van der Waals surface area contributed by atoms with E-state index >= 15 is 0 Å². The molecule has 5 nitrogen and oxygen atoms in total. The lowest BCUT2D eigenvalue weighted by Crippen LogP contribution is -2.30. The summed E-state index contributed by atoms with van der Waals surface area (Å²) in [6.45, 7) is 0. The molecule has 1 aliphatic rings. The Balaban J connectivity index is 1.66. The van der Waals surface area contributed by atoms with Gasteiger partial charge in [-0.2, -0.15) is 5.26 Å². The molecule has 0 bridgehead atoms. The first kappa shape index (κ1) is 19.9. The minimum atomic E-state index is -0.480. The molecule has 30 heavy (non-hydrogen) atoms. The van der Waals surface area contributed by atoms with Gasteiger partial charge in [0.25, 0.3) is 5.56 Å². The van der Waals surface area contributed by atoms with Crippen molar-refractivity contribution in [3.63, 3.8) is 0 Å². The SMILES string of the molecule is N#Cc1ccc(Cl)c(C2=CCC(c3[nH]c(=O)[nH]c(=O)c3Cc3ccccc3)CC2)c1. The van der Waals surface area contributed by atoms with Crippen LogP contribution in [0.3, 0.4) is 0 Å². The van der Waals surface area contributed by atoms with Gasteiger partial charge in [-0.05, 0) is 54.2 Å². The van der Waals surface area contributed by atoms with Gasteiger partial charge in [0, 0.05) is 28.6 Å². The van der Waals surface area contributed by atoms with Crippen molar-refractivity contribution in [2.75, 3.05) is 0 Å². The molecule has 1 aromatic heterocycles. The number of nitrogens with one attached hydrogen (secondary N) is 2. The van der Waals surface area contributed by atoms with Crippen LogP contribution in [0.5, 0.6) is 0 Å². The van der Waals surface area contributed by atoms with Crippen LogP contribution in [0.15, 0.2) is 64.2 Å². The summed E-state index contributed by atoms with van der Waals surface area (Å²) in [7, 11) is 0. The minimum Gasteiger partial charge on any atom is -0.311 e. The van der Waals surface area contributed by atoms with E-state index < -0.39 is 5.69 Å². The van der Waals surface area contributed by atoms with Crippen LogP contribution < -0.4 is 11.2 Å². The lowest BCUT2D eigenvalue weighted by Gasteiger charge is -2.24. The first-order chi connectivity index (χ1) is 14.5. The molecule has 0 saturated carbocycles. The van der Waals surface area contributed by atoms with E-state index in [2.05, 4.69) is 22.1 Å². The smallest absolute Gasteiger partial charge is 0.311 e. The molecule has 3 aromatic rings. The van der Waals surface area contributed by atoms with Crippen molar-refractivity contribution in [3.8, 4) is 6.07 Å². The Kier molecular flexibility index (Phi) is 5.69. The van der Waals surface area contributed by atoms with E-state index in [9.17, 15) is 9.59 Å². The van der Waals surface area contributed by atoms with Crippen molar-refractivity contribution in [1.29, 1.82) is 5.26 Å². The van der Waals surface area contributed by atoms with E-state index in [0.29, 0.717) is 34.7 Å². The molecule has 0 amide bonds. The molecule has 1 unspecified atom stereocenters. The number of H-pyrrole nitrogens is 2. The second kappa shape index (κ2) is 8.56. The van der Waals surface area contributed by atoms with Crippen molar-refractivity contribution in [1.82, 2.24) is 9.97 Å². The number of halogens is 1. The molecule has 1 aliphatic carbocycles. The fraction of sp³-hybridized carbons (Fsp3) is 0.208. The Bertz CT molecular complexity index is 1270. The highest BCUT2D eigenvalue weighted by molar-refractivity contribution is 6.32. The first-order valence-corrected chi connectivity index (χ1v) is 10.2. The molecule has 150 valence electrons. The summed E-state index contributed by atoms with van der Waals surface area (Å²) in [5.74, 6) is 0.0420. The van der Waals surface area contributed by atoms with Gasteiger partial charge in [-0.1, -0.05) is 48.0 Å². The van der Waals surface area contributed by atoms with Gasteiger partial charge >= 0.3 is 5.69 Å². The van der Waals surface area contributed by atoms with E-state index in [1.807, 2.05) is 36.4 Å². The zero-order chi connectivity index (χ0) is 21.1. The normalized spacial score (nSPS) is 16.0. The van der Waals surface area contributed by atoms with E-state index in [-0.39, 0.29) is 11.5 Å². The average molecular weight is 418 g/mol. The molecule has 0 spiro atoms. The van der Waals surface area contributed by atoms with Gasteiger partial charge in [-0.25, -0.2) is 4.79 Å². The highest BCUT2D eigenvalue weighted by atomic mass is 35.5. The number of rotatable bonds is 4. The van der Waals surface area contributed by atoms with Crippen LogP contribution in [-0.4, -0.2) is 9.97 Å². The number of hydrogen-bond donors (Lipinski definition) is 2. The number of aromatic amines is 2. The molecular weight excluding hydrogens is 398 g/mol. The Labute approximate surface area is 178 Å². The number of benzene rings is 2. The Hall–Kier alpha value is -3.36. The van der Waals surface area contributed by atoms with Gasteiger partial charge in [0.15, 0.2) is 0 Å². The van der Waals surface area contributed by atoms with Gasteiger partial charge < -0.3 is 4.98 Å². The lowest BCUT2D eigenvalue weighted by atomic mass is 9.82. The largest absolute Gasteiger partial charge is 0.325 e. The number of hydrogen-bond acceptors (Lipinski definition) is 3. The number of nitriles is 1. The van der Waals surface area contributed by atoms with Crippen molar-refractivity contribution in [2.45, 2.75) is 31.6 Å². The van der Waals surface area contributed by atoms with E-state index in [0.717, 1.165) is 29.5 Å². The standard InChI is InChI=1S/C24H20ClN3O2/c25-21-11-6-16(14-26)13-19(21)17-7-9-18(10-8-17)22-20(23(29)28-24(30)27-22)12-15-4-2-1-3-5-15/h1-7,11,13,18H,8-10,12H2,(H2,27,28,29,30). The third-order valence-electron chi connectivity index (χ3n) is 5.56. The molecule has 2 N–H and O–H groups in total. The predicted molar refractivity (Wildman–Crippen MR) is 118 cm³/mol. The molecule has 0 fully saturated rings. The number of aromatic nitrogens is 2. The molecule has 0 radical (unpaired) electrons. The second-order valence-corrected chi connectivity index (χ2v) is 7.88. The highest BCUT2D eigenvalue weighted by Gasteiger charge is 2.23. The van der Waals surface area contributed by atoms with Gasteiger partial charge in [0.1, 0.15) is 0 Å². The molecule has 2 aromatic carbocycles. The average Bonchev–Trinajstić information content (AvgIpc) is 2.77. The van der Waals surface area contributed by atoms with Gasteiger partial charge in [-0.15, -0.1) is 0 Å². The summed E-state index contributed by atoms with van der Waals surface area (Å²) in [6, 6.07) is 17.1. The van der Waals surface area contributed by atoms with E-state index in [1.54, 1.807) is 12.1 Å². The third kappa shape index (κ3) is 4.14. The summed E-state index contributed by atoms with van der Waals surface area (Å²) < 4.78 is 0. The van der Waals surface area contributed by atoms with Crippen LogP contribution >= 0.6 is 11.6 Å². The summed E-state index contributed by atoms with van der Waals surface area (Å²) >= 11 is 6.35. The van der Waals surface area contributed by atoms with Crippen LogP contribution in [0, 0.1) is 11.3 Å². The quantitative estimate of drug-likeness (QED) is 0.653. The summed E-state index contributed by atoms with van der Waals surface area (Å²) in [6.07, 6.45) is 4.77. The molecule has 0 saturated heterocycles. The van der Waals surface area contributed by atoms with Gasteiger partial charge in [0.2, 0.25) is 0 Å². The van der Waals surface area contributed by atoms with Crippen molar-refractivity contribution >= 4 is 17.2 Å². The van der Waals surface area contributed by atoms with Gasteiger partial charge in [0.05, 0.1) is 11.6 Å². The van der Waals surface area contributed by atoms with Crippen LogP contribution in [0.1, 0.15) is 53.1 Å². The Morgan fingerprint density at radius 3 is 2.60 bits per heavy atom. The molecule has 4 rings (SSSR count). The maximum Gasteiger partial charge on any atom is 0.325 e. The monoisotopic (exact) mass is 417 g/mol. The molecule has 1 heterocycles. The Morgan fingerprint density at radius 2 is 1.90 bits per heavy atom. The minimum absolute atomic E-state index is 0.0420. The fourth-order valence-electron chi connectivity index (χ4n) is 4.04. The van der Waals surface area contributed by atoms with Crippen molar-refractivity contribution in [2.24, 2.45) is 0 Å². The number of allylic oxidation sites excluding steroid dienone is 2. The van der Waals surface area contributed by atoms with E-state index in [4.69, 9.17) is 16.9 Å². The molecule has 0 aliphatic heterocycles. The maximum atomic E-state index is 12.6. The van der Waals surface area contributed by atoms with Gasteiger partial charge in [-0.3, -0.25) is 9.78 Å². The highest BCUT2D eigenvalue weighted by Crippen LogP contribution is 2.38. The van der Waals surface area contributed by atoms with E-state index in [1.165, 1.54) is 0 Å². The lowest BCUT2D eigenvalue weighted by molar-refractivity contribution is 0.596. The van der Waals surface area contributed by atoms with Crippen LogP contribution in [0.2, 0.25) is 5.02 Å². The Morgan fingerprint density at radius 1 is 1.10 bits per heavy atom. The topological polar surface area (TPSA) is 89.5 Å². The van der Waals surface area contributed by atoms with Crippen LogP contribution in [-0.2, 0) is 6.42 Å². The second-order valence-electron chi connectivity index (χ2n) is 7.47. The predicted octanol–water partition coefficient (Wildman–Crippen LogP) is 4.53. The van der Waals surface area contributed by atoms with Crippen LogP contribution in [0.4, 0.5) is 0 Å². The van der Waals surface area contributed by atoms with Crippen molar-refractivity contribution in [3.05, 3.63) is 108 Å². The summed E-state index contributed by atoms with van der Waals surface area (Å²) in [5.41, 5.74) is 4.04. The zero-order valence-corrected chi connectivity index (χ0v) is 17.0. The maximum absolute atomic E-state index is 12.6. The number of nitrogens with zero attached hydrogens (tertiary/aromatic N) is 1.